The molecule has 1 aliphatic rings. The summed E-state index contributed by atoms with van der Waals surface area (Å²) in [6.45, 7) is 0.534. The van der Waals surface area contributed by atoms with Gasteiger partial charge < -0.3 is 5.73 Å². The Hall–Kier alpha value is -1.50. The van der Waals surface area contributed by atoms with Gasteiger partial charge >= 0.3 is 5.51 Å². The summed E-state index contributed by atoms with van der Waals surface area (Å²) in [6.07, 6.45) is 1.75. The molecule has 1 aliphatic heterocycles. The molecule has 0 radical (unpaired) electrons. The molecule has 0 aromatic heterocycles. The first-order chi connectivity index (χ1) is 7.94. The zero-order valence-corrected chi connectivity index (χ0v) is 9.48. The quantitative estimate of drug-likeness (QED) is 0.802. The maximum absolute atomic E-state index is 12.2. The molecule has 0 saturated heterocycles. The SMILES string of the molecule is NC1=CCN(c2cccc(SC(F)(F)F)c2)N1. The summed E-state index contributed by atoms with van der Waals surface area (Å²) in [5, 5.41) is 1.68. The molecule has 3 nitrogen and oxygen atoms in total. The normalized spacial score (nSPS) is 15.7. The van der Waals surface area contributed by atoms with Crippen molar-refractivity contribution in [2.75, 3.05) is 11.6 Å². The summed E-state index contributed by atoms with van der Waals surface area (Å²) in [4.78, 5) is 0.155. The molecule has 3 N–H and O–H groups in total. The van der Waals surface area contributed by atoms with Gasteiger partial charge in [0.25, 0.3) is 0 Å². The molecule has 2 rings (SSSR count). The topological polar surface area (TPSA) is 41.3 Å². The lowest BCUT2D eigenvalue weighted by atomic mass is 10.3. The van der Waals surface area contributed by atoms with Gasteiger partial charge in [-0.15, -0.1) is 0 Å². The number of halogens is 3. The number of hydrogen-bond acceptors (Lipinski definition) is 4. The lowest BCUT2D eigenvalue weighted by Crippen LogP contribution is -2.33. The Morgan fingerprint density at radius 2 is 2.12 bits per heavy atom. The first-order valence-electron chi connectivity index (χ1n) is 4.80. The number of nitrogens with zero attached hydrogens (tertiary/aromatic N) is 1. The highest BCUT2D eigenvalue weighted by Gasteiger charge is 2.29. The van der Waals surface area contributed by atoms with E-state index in [0.717, 1.165) is 0 Å². The van der Waals surface area contributed by atoms with Crippen LogP contribution in [0.5, 0.6) is 0 Å². The van der Waals surface area contributed by atoms with E-state index in [9.17, 15) is 13.2 Å². The molecule has 7 heteroatoms. The zero-order valence-electron chi connectivity index (χ0n) is 8.66. The second kappa shape index (κ2) is 4.40. The lowest BCUT2D eigenvalue weighted by molar-refractivity contribution is -0.0328. The third-order valence-electron chi connectivity index (χ3n) is 2.12. The van der Waals surface area contributed by atoms with E-state index in [-0.39, 0.29) is 16.7 Å². The molecule has 17 heavy (non-hydrogen) atoms. The molecule has 0 saturated carbocycles. The summed E-state index contributed by atoms with van der Waals surface area (Å²) >= 11 is -0.128. The van der Waals surface area contributed by atoms with Crippen molar-refractivity contribution in [2.45, 2.75) is 10.4 Å². The molecule has 1 aromatic rings. The summed E-state index contributed by atoms with van der Waals surface area (Å²) in [6, 6.07) is 6.20. The van der Waals surface area contributed by atoms with Crippen LogP contribution >= 0.6 is 11.8 Å². The number of hydrogen-bond donors (Lipinski definition) is 2. The predicted molar refractivity (Wildman–Crippen MR) is 61.1 cm³/mol. The second-order valence-electron chi connectivity index (χ2n) is 3.43. The fourth-order valence-electron chi connectivity index (χ4n) is 1.46. The Labute approximate surface area is 100 Å². The van der Waals surface area contributed by atoms with Gasteiger partial charge in [-0.3, -0.25) is 10.4 Å². The third-order valence-corrected chi connectivity index (χ3v) is 2.84. The summed E-state index contributed by atoms with van der Waals surface area (Å²) < 4.78 is 36.6. The van der Waals surface area contributed by atoms with Crippen LogP contribution in [0.15, 0.2) is 41.1 Å². The Morgan fingerprint density at radius 3 is 2.71 bits per heavy atom. The van der Waals surface area contributed by atoms with E-state index in [1.165, 1.54) is 12.1 Å². The van der Waals surface area contributed by atoms with Crippen molar-refractivity contribution in [3.63, 3.8) is 0 Å². The van der Waals surface area contributed by atoms with Crippen molar-refractivity contribution >= 4 is 17.4 Å². The van der Waals surface area contributed by atoms with E-state index >= 15 is 0 Å². The third kappa shape index (κ3) is 3.23. The van der Waals surface area contributed by atoms with Crippen molar-refractivity contribution in [3.8, 4) is 0 Å². The van der Waals surface area contributed by atoms with Gasteiger partial charge in [0.2, 0.25) is 0 Å². The van der Waals surface area contributed by atoms with Crippen LogP contribution in [0.1, 0.15) is 0 Å². The van der Waals surface area contributed by atoms with Crippen LogP contribution in [-0.2, 0) is 0 Å². The first kappa shape index (κ1) is 12.0. The van der Waals surface area contributed by atoms with Crippen LogP contribution in [0, 0.1) is 0 Å². The van der Waals surface area contributed by atoms with Gasteiger partial charge in [0.05, 0.1) is 12.2 Å². The van der Waals surface area contributed by atoms with Gasteiger partial charge in [-0.1, -0.05) is 6.07 Å². The molecule has 1 heterocycles. The van der Waals surface area contributed by atoms with Crippen LogP contribution in [-0.4, -0.2) is 12.1 Å². The molecule has 0 fully saturated rings. The highest BCUT2D eigenvalue weighted by molar-refractivity contribution is 8.00. The largest absolute Gasteiger partial charge is 0.446 e. The fraction of sp³-hybridized carbons (Fsp3) is 0.200. The summed E-state index contributed by atoms with van der Waals surface area (Å²) in [5.74, 6) is 0.499. The smallest absolute Gasteiger partial charge is 0.384 e. The van der Waals surface area contributed by atoms with Crippen molar-refractivity contribution in [3.05, 3.63) is 36.2 Å². The van der Waals surface area contributed by atoms with E-state index in [1.54, 1.807) is 23.2 Å². The van der Waals surface area contributed by atoms with Gasteiger partial charge in [-0.2, -0.15) is 13.2 Å². The van der Waals surface area contributed by atoms with Crippen LogP contribution in [0.4, 0.5) is 18.9 Å². The Balaban J connectivity index is 2.12. The Kier molecular flexibility index (Phi) is 3.10. The molecule has 0 amide bonds. The van der Waals surface area contributed by atoms with Crippen molar-refractivity contribution in [1.82, 2.24) is 5.43 Å². The van der Waals surface area contributed by atoms with E-state index < -0.39 is 5.51 Å². The van der Waals surface area contributed by atoms with E-state index in [0.29, 0.717) is 18.1 Å². The molecule has 0 atom stereocenters. The average Bonchev–Trinajstić information content (AvgIpc) is 2.63. The molecule has 92 valence electrons. The van der Waals surface area contributed by atoms with Crippen LogP contribution in [0.2, 0.25) is 0 Å². The van der Waals surface area contributed by atoms with Crippen LogP contribution in [0.25, 0.3) is 0 Å². The average molecular weight is 261 g/mol. The standard InChI is InChI=1S/C10H10F3N3S/c11-10(12,13)17-8-3-1-2-7(6-8)16-5-4-9(14)15-16/h1-4,6,15H,5,14H2. The number of rotatable bonds is 2. The van der Waals surface area contributed by atoms with Gasteiger partial charge in [0.15, 0.2) is 0 Å². The first-order valence-corrected chi connectivity index (χ1v) is 5.61. The Morgan fingerprint density at radius 1 is 1.35 bits per heavy atom. The minimum absolute atomic E-state index is 0.128. The van der Waals surface area contributed by atoms with Gasteiger partial charge in [-0.25, -0.2) is 0 Å². The highest BCUT2D eigenvalue weighted by atomic mass is 32.2. The monoisotopic (exact) mass is 261 g/mol. The number of thioether (sulfide) groups is 1. The number of anilines is 1. The number of nitrogens with one attached hydrogen (secondary N) is 1. The van der Waals surface area contributed by atoms with Crippen LogP contribution < -0.4 is 16.2 Å². The maximum Gasteiger partial charge on any atom is 0.446 e. The number of benzene rings is 1. The number of alkyl halides is 3. The predicted octanol–water partition coefficient (Wildman–Crippen LogP) is 2.42. The molecular weight excluding hydrogens is 251 g/mol. The molecule has 0 bridgehead atoms. The summed E-state index contributed by atoms with van der Waals surface area (Å²) in [7, 11) is 0. The molecular formula is C10H10F3N3S. The lowest BCUT2D eigenvalue weighted by Gasteiger charge is -2.20. The minimum atomic E-state index is -4.27. The Bertz CT molecular complexity index is 445. The van der Waals surface area contributed by atoms with Crippen molar-refractivity contribution < 1.29 is 13.2 Å². The number of hydrazine groups is 1. The van der Waals surface area contributed by atoms with Gasteiger partial charge in [0.1, 0.15) is 5.82 Å². The van der Waals surface area contributed by atoms with Crippen LogP contribution in [0.3, 0.4) is 0 Å². The van der Waals surface area contributed by atoms with E-state index in [4.69, 9.17) is 5.73 Å². The highest BCUT2D eigenvalue weighted by Crippen LogP contribution is 2.37. The van der Waals surface area contributed by atoms with Gasteiger partial charge in [-0.05, 0) is 36.0 Å². The molecule has 0 unspecified atom stereocenters. The minimum Gasteiger partial charge on any atom is -0.384 e. The van der Waals surface area contributed by atoms with Gasteiger partial charge in [0, 0.05) is 4.90 Å². The summed E-state index contributed by atoms with van der Waals surface area (Å²) in [5.41, 5.74) is 4.75. The fourth-order valence-corrected chi connectivity index (χ4v) is 2.05. The zero-order chi connectivity index (χ0) is 12.5. The van der Waals surface area contributed by atoms with E-state index in [1.807, 2.05) is 0 Å². The molecule has 1 aromatic carbocycles. The second-order valence-corrected chi connectivity index (χ2v) is 4.57. The molecule has 0 aliphatic carbocycles. The van der Waals surface area contributed by atoms with Crippen molar-refractivity contribution in [1.29, 1.82) is 0 Å². The van der Waals surface area contributed by atoms with Crippen molar-refractivity contribution in [2.24, 2.45) is 5.73 Å². The molecule has 0 spiro atoms. The van der Waals surface area contributed by atoms with E-state index in [2.05, 4.69) is 5.43 Å². The maximum atomic E-state index is 12.2. The number of nitrogens with two attached hydrogens (primary N) is 1.